The molecule has 2 fully saturated rings. The normalized spacial score (nSPS) is 40.1. The van der Waals surface area contributed by atoms with E-state index in [1.54, 1.807) is 0 Å². The van der Waals surface area contributed by atoms with Crippen molar-refractivity contribution in [2.45, 2.75) is 12.0 Å². The summed E-state index contributed by atoms with van der Waals surface area (Å²) in [6.07, 6.45) is 1.13. The molecule has 1 atom stereocenters. The Morgan fingerprint density at radius 3 is 2.82 bits per heavy atom. The molecule has 1 unspecified atom stereocenters. The first-order valence-corrected chi connectivity index (χ1v) is 4.21. The van der Waals surface area contributed by atoms with Crippen LogP contribution in [-0.2, 0) is 9.47 Å². The lowest BCUT2D eigenvalue weighted by Crippen LogP contribution is -2.44. The molecule has 0 bridgehead atoms. The van der Waals surface area contributed by atoms with E-state index in [1.807, 2.05) is 0 Å². The van der Waals surface area contributed by atoms with Crippen molar-refractivity contribution < 1.29 is 9.47 Å². The largest absolute Gasteiger partial charge is 0.376 e. The van der Waals surface area contributed by atoms with Gasteiger partial charge in [0.05, 0.1) is 19.8 Å². The fraction of sp³-hybridized carbons (Fsp3) is 1.00. The van der Waals surface area contributed by atoms with Gasteiger partial charge in [-0.2, -0.15) is 0 Å². The Kier molecular flexibility index (Phi) is 1.87. The summed E-state index contributed by atoms with van der Waals surface area (Å²) >= 11 is 0. The van der Waals surface area contributed by atoms with Crippen LogP contribution >= 0.6 is 0 Å². The Labute approximate surface area is 67.3 Å². The molecule has 1 spiro atoms. The van der Waals surface area contributed by atoms with E-state index in [0.29, 0.717) is 0 Å². The van der Waals surface area contributed by atoms with Gasteiger partial charge in [-0.15, -0.1) is 0 Å². The predicted molar refractivity (Wildman–Crippen MR) is 41.6 cm³/mol. The summed E-state index contributed by atoms with van der Waals surface area (Å²) in [6.45, 7) is 4.51. The van der Waals surface area contributed by atoms with E-state index in [-0.39, 0.29) is 5.60 Å². The molecule has 0 N–H and O–H groups in total. The van der Waals surface area contributed by atoms with Crippen LogP contribution in [0.3, 0.4) is 0 Å². The Balaban J connectivity index is 1.98. The molecule has 2 heterocycles. The van der Waals surface area contributed by atoms with Crippen molar-refractivity contribution in [1.82, 2.24) is 4.90 Å². The molecule has 64 valence electrons. The number of nitrogens with zero attached hydrogens (tertiary/aromatic N) is 1. The lowest BCUT2D eigenvalue weighted by Gasteiger charge is -2.33. The summed E-state index contributed by atoms with van der Waals surface area (Å²) in [5, 5.41) is 0. The smallest absolute Gasteiger partial charge is 0.105 e. The molecule has 0 aliphatic carbocycles. The highest BCUT2D eigenvalue weighted by Gasteiger charge is 2.39. The fourth-order valence-corrected chi connectivity index (χ4v) is 1.90. The molecular formula is C8H15NO2. The van der Waals surface area contributed by atoms with Gasteiger partial charge in [0.25, 0.3) is 0 Å². The summed E-state index contributed by atoms with van der Waals surface area (Å²) < 4.78 is 11.1. The van der Waals surface area contributed by atoms with Gasteiger partial charge < -0.3 is 14.4 Å². The Morgan fingerprint density at radius 2 is 2.27 bits per heavy atom. The summed E-state index contributed by atoms with van der Waals surface area (Å²) in [5.41, 5.74) is 0.0486. The standard InChI is InChI=1S/C8H15NO2/c1-9-3-2-8(6-9)7-10-4-5-11-8/h2-7H2,1H3. The van der Waals surface area contributed by atoms with Crippen LogP contribution in [0.1, 0.15) is 6.42 Å². The van der Waals surface area contributed by atoms with Crippen molar-refractivity contribution in [1.29, 1.82) is 0 Å². The topological polar surface area (TPSA) is 21.7 Å². The minimum atomic E-state index is 0.0486. The van der Waals surface area contributed by atoms with E-state index in [4.69, 9.17) is 9.47 Å². The van der Waals surface area contributed by atoms with Gasteiger partial charge in [0.1, 0.15) is 5.60 Å². The third kappa shape index (κ3) is 1.41. The van der Waals surface area contributed by atoms with Crippen LogP contribution in [0.4, 0.5) is 0 Å². The molecule has 3 nitrogen and oxygen atoms in total. The molecule has 2 rings (SSSR count). The second-order valence-electron chi connectivity index (χ2n) is 3.57. The average Bonchev–Trinajstić information content (AvgIpc) is 2.34. The van der Waals surface area contributed by atoms with Crippen molar-refractivity contribution in [3.05, 3.63) is 0 Å². The van der Waals surface area contributed by atoms with Gasteiger partial charge in [0.2, 0.25) is 0 Å². The van der Waals surface area contributed by atoms with Crippen LogP contribution in [0.5, 0.6) is 0 Å². The average molecular weight is 157 g/mol. The SMILES string of the molecule is CN1CCC2(COCCO2)C1. The van der Waals surface area contributed by atoms with Crippen molar-refractivity contribution in [3.63, 3.8) is 0 Å². The van der Waals surface area contributed by atoms with Crippen LogP contribution in [0.2, 0.25) is 0 Å². The Bertz CT molecular complexity index is 138. The minimum absolute atomic E-state index is 0.0486. The molecule has 2 aliphatic heterocycles. The molecule has 3 heteroatoms. The molecule has 0 saturated carbocycles. The van der Waals surface area contributed by atoms with Gasteiger partial charge in [-0.25, -0.2) is 0 Å². The van der Waals surface area contributed by atoms with E-state index in [1.165, 1.54) is 0 Å². The van der Waals surface area contributed by atoms with Gasteiger partial charge >= 0.3 is 0 Å². The lowest BCUT2D eigenvalue weighted by molar-refractivity contribution is -0.149. The summed E-state index contributed by atoms with van der Waals surface area (Å²) in [4.78, 5) is 2.30. The van der Waals surface area contributed by atoms with Gasteiger partial charge in [-0.05, 0) is 13.5 Å². The third-order valence-electron chi connectivity index (χ3n) is 2.51. The first-order chi connectivity index (χ1) is 5.31. The fourth-order valence-electron chi connectivity index (χ4n) is 1.90. The maximum atomic E-state index is 5.73. The van der Waals surface area contributed by atoms with Gasteiger partial charge in [-0.1, -0.05) is 0 Å². The van der Waals surface area contributed by atoms with Gasteiger partial charge in [0, 0.05) is 13.1 Å². The lowest BCUT2D eigenvalue weighted by atomic mass is 10.0. The second-order valence-corrected chi connectivity index (χ2v) is 3.57. The van der Waals surface area contributed by atoms with Crippen molar-refractivity contribution in [2.75, 3.05) is 40.0 Å². The highest BCUT2D eigenvalue weighted by molar-refractivity contribution is 4.91. The number of hydrogen-bond acceptors (Lipinski definition) is 3. The molecule has 0 aromatic carbocycles. The highest BCUT2D eigenvalue weighted by Crippen LogP contribution is 2.26. The summed E-state index contributed by atoms with van der Waals surface area (Å²) in [7, 11) is 2.13. The summed E-state index contributed by atoms with van der Waals surface area (Å²) in [5.74, 6) is 0. The maximum absolute atomic E-state index is 5.73. The summed E-state index contributed by atoms with van der Waals surface area (Å²) in [6, 6.07) is 0. The third-order valence-corrected chi connectivity index (χ3v) is 2.51. The maximum Gasteiger partial charge on any atom is 0.105 e. The number of ether oxygens (including phenoxy) is 2. The molecule has 2 saturated heterocycles. The number of likely N-dealkylation sites (N-methyl/N-ethyl adjacent to an activating group) is 1. The quantitative estimate of drug-likeness (QED) is 0.498. The molecule has 0 aromatic heterocycles. The molecule has 0 aromatic rings. The van der Waals surface area contributed by atoms with E-state index < -0.39 is 0 Å². The van der Waals surface area contributed by atoms with Crippen molar-refractivity contribution >= 4 is 0 Å². The second kappa shape index (κ2) is 2.73. The van der Waals surface area contributed by atoms with Gasteiger partial charge in [0.15, 0.2) is 0 Å². The molecule has 2 aliphatic rings. The Hall–Kier alpha value is -0.120. The van der Waals surface area contributed by atoms with Crippen LogP contribution in [0.25, 0.3) is 0 Å². The van der Waals surface area contributed by atoms with Crippen molar-refractivity contribution in [2.24, 2.45) is 0 Å². The number of likely N-dealkylation sites (tertiary alicyclic amines) is 1. The Morgan fingerprint density at radius 1 is 1.36 bits per heavy atom. The van der Waals surface area contributed by atoms with Crippen molar-refractivity contribution in [3.8, 4) is 0 Å². The van der Waals surface area contributed by atoms with E-state index in [2.05, 4.69) is 11.9 Å². The van der Waals surface area contributed by atoms with E-state index in [0.717, 1.165) is 39.3 Å². The van der Waals surface area contributed by atoms with E-state index in [9.17, 15) is 0 Å². The molecule has 11 heavy (non-hydrogen) atoms. The molecular weight excluding hydrogens is 142 g/mol. The predicted octanol–water partition coefficient (Wildman–Crippen LogP) is 0.107. The van der Waals surface area contributed by atoms with Crippen LogP contribution < -0.4 is 0 Å². The van der Waals surface area contributed by atoms with Crippen LogP contribution in [0.15, 0.2) is 0 Å². The van der Waals surface area contributed by atoms with Crippen LogP contribution in [0, 0.1) is 0 Å². The number of rotatable bonds is 0. The zero-order valence-corrected chi connectivity index (χ0v) is 7.01. The van der Waals surface area contributed by atoms with Gasteiger partial charge in [-0.3, -0.25) is 0 Å². The first kappa shape index (κ1) is 7.53. The monoisotopic (exact) mass is 157 g/mol. The zero-order chi connectivity index (χ0) is 7.73. The zero-order valence-electron chi connectivity index (χ0n) is 7.01. The molecule has 0 amide bonds. The van der Waals surface area contributed by atoms with Crippen LogP contribution in [-0.4, -0.2) is 50.5 Å². The molecule has 0 radical (unpaired) electrons. The minimum Gasteiger partial charge on any atom is -0.376 e. The first-order valence-electron chi connectivity index (χ1n) is 4.21. The van der Waals surface area contributed by atoms with E-state index >= 15 is 0 Å². The number of hydrogen-bond donors (Lipinski definition) is 0. The highest BCUT2D eigenvalue weighted by atomic mass is 16.6.